The van der Waals surface area contributed by atoms with Crippen molar-refractivity contribution in [3.63, 3.8) is 0 Å². The minimum Gasteiger partial charge on any atom is -0.497 e. The zero-order valence-electron chi connectivity index (χ0n) is 12.5. The molecule has 6 nitrogen and oxygen atoms in total. The molecule has 0 saturated heterocycles. The van der Waals surface area contributed by atoms with Crippen LogP contribution >= 0.6 is 0 Å². The quantitative estimate of drug-likeness (QED) is 0.642. The van der Waals surface area contributed by atoms with Gasteiger partial charge in [-0.1, -0.05) is 0 Å². The average molecular weight is 311 g/mol. The minimum atomic E-state index is -0.559. The molecule has 0 N–H and O–H groups in total. The van der Waals surface area contributed by atoms with Crippen LogP contribution in [0.5, 0.6) is 5.75 Å². The Morgan fingerprint density at radius 2 is 1.57 bits per heavy atom. The third-order valence-electron chi connectivity index (χ3n) is 3.64. The number of nitrogens with zero attached hydrogens (tertiary/aromatic N) is 1. The number of carbonyl (C=O) groups excluding carboxylic acids is 3. The SMILES string of the molecule is COC(=O)c1ccc2c(c1)C(=O)N(c1ccc(OC)cc1)C2=O. The van der Waals surface area contributed by atoms with Crippen LogP contribution in [0.1, 0.15) is 31.1 Å². The van der Waals surface area contributed by atoms with Gasteiger partial charge < -0.3 is 9.47 Å². The highest BCUT2D eigenvalue weighted by molar-refractivity contribution is 6.34. The molecule has 1 heterocycles. The number of benzene rings is 2. The monoisotopic (exact) mass is 311 g/mol. The second-order valence-electron chi connectivity index (χ2n) is 4.90. The minimum absolute atomic E-state index is 0.189. The number of carbonyl (C=O) groups is 3. The predicted octanol–water partition coefficient (Wildman–Crippen LogP) is 2.28. The summed E-state index contributed by atoms with van der Waals surface area (Å²) in [5.74, 6) is -0.832. The third-order valence-corrected chi connectivity index (χ3v) is 3.64. The summed E-state index contributed by atoms with van der Waals surface area (Å²) in [7, 11) is 2.79. The molecule has 0 saturated carbocycles. The zero-order valence-corrected chi connectivity index (χ0v) is 12.5. The Morgan fingerprint density at radius 3 is 2.17 bits per heavy atom. The van der Waals surface area contributed by atoms with Crippen LogP contribution in [-0.2, 0) is 4.74 Å². The van der Waals surface area contributed by atoms with Crippen molar-refractivity contribution in [1.29, 1.82) is 0 Å². The van der Waals surface area contributed by atoms with Crippen LogP contribution in [0.3, 0.4) is 0 Å². The van der Waals surface area contributed by atoms with Crippen molar-refractivity contribution in [3.05, 3.63) is 59.2 Å². The van der Waals surface area contributed by atoms with Gasteiger partial charge >= 0.3 is 5.97 Å². The molecule has 0 atom stereocenters. The van der Waals surface area contributed by atoms with E-state index >= 15 is 0 Å². The second-order valence-corrected chi connectivity index (χ2v) is 4.90. The average Bonchev–Trinajstić information content (AvgIpc) is 2.85. The molecule has 0 bridgehead atoms. The smallest absolute Gasteiger partial charge is 0.337 e. The van der Waals surface area contributed by atoms with E-state index in [1.54, 1.807) is 24.3 Å². The van der Waals surface area contributed by atoms with E-state index in [2.05, 4.69) is 4.74 Å². The highest BCUT2D eigenvalue weighted by Crippen LogP contribution is 2.30. The van der Waals surface area contributed by atoms with E-state index in [0.29, 0.717) is 11.4 Å². The van der Waals surface area contributed by atoms with Gasteiger partial charge in [-0.15, -0.1) is 0 Å². The molecule has 0 spiro atoms. The summed E-state index contributed by atoms with van der Waals surface area (Å²) in [6.07, 6.45) is 0. The number of ether oxygens (including phenoxy) is 2. The molecule has 6 heteroatoms. The number of fused-ring (bicyclic) bond motifs is 1. The van der Waals surface area contributed by atoms with E-state index in [9.17, 15) is 14.4 Å². The summed E-state index contributed by atoms with van der Waals surface area (Å²) in [5.41, 5.74) is 1.12. The number of hydrogen-bond acceptors (Lipinski definition) is 5. The van der Waals surface area contributed by atoms with Gasteiger partial charge in [0.25, 0.3) is 11.8 Å². The summed E-state index contributed by atoms with van der Waals surface area (Å²) in [6.45, 7) is 0. The highest BCUT2D eigenvalue weighted by Gasteiger charge is 2.37. The Morgan fingerprint density at radius 1 is 0.913 bits per heavy atom. The van der Waals surface area contributed by atoms with E-state index in [1.807, 2.05) is 0 Å². The Balaban J connectivity index is 2.01. The van der Waals surface area contributed by atoms with E-state index in [1.165, 1.54) is 32.4 Å². The molecule has 2 amide bonds. The Kier molecular flexibility index (Phi) is 3.57. The molecule has 0 unspecified atom stereocenters. The Bertz CT molecular complexity index is 810. The molecule has 1 aliphatic rings. The third kappa shape index (κ3) is 2.34. The normalized spacial score (nSPS) is 13.0. The molecule has 0 aliphatic carbocycles. The number of hydrogen-bond donors (Lipinski definition) is 0. The van der Waals surface area contributed by atoms with Gasteiger partial charge in [0.1, 0.15) is 5.75 Å². The largest absolute Gasteiger partial charge is 0.497 e. The molecular weight excluding hydrogens is 298 g/mol. The molecule has 0 radical (unpaired) electrons. The van der Waals surface area contributed by atoms with E-state index in [-0.39, 0.29) is 16.7 Å². The van der Waals surface area contributed by atoms with Gasteiger partial charge in [-0.05, 0) is 42.5 Å². The topological polar surface area (TPSA) is 72.9 Å². The van der Waals surface area contributed by atoms with Crippen LogP contribution in [0.15, 0.2) is 42.5 Å². The lowest BCUT2D eigenvalue weighted by Gasteiger charge is -2.14. The summed E-state index contributed by atoms with van der Waals surface area (Å²) < 4.78 is 9.69. The van der Waals surface area contributed by atoms with Gasteiger partial charge in [0.05, 0.1) is 36.6 Å². The van der Waals surface area contributed by atoms with Crippen molar-refractivity contribution in [1.82, 2.24) is 0 Å². The number of imide groups is 1. The van der Waals surface area contributed by atoms with Gasteiger partial charge in [0.2, 0.25) is 0 Å². The first-order chi connectivity index (χ1) is 11.1. The lowest BCUT2D eigenvalue weighted by molar-refractivity contribution is 0.0600. The fraction of sp³-hybridized carbons (Fsp3) is 0.118. The Labute approximate surface area is 132 Å². The molecule has 116 valence electrons. The zero-order chi connectivity index (χ0) is 16.6. The lowest BCUT2D eigenvalue weighted by atomic mass is 10.1. The highest BCUT2D eigenvalue weighted by atomic mass is 16.5. The number of methoxy groups -OCH3 is 2. The molecule has 3 rings (SSSR count). The summed E-state index contributed by atoms with van der Waals surface area (Å²) in [4.78, 5) is 37.7. The van der Waals surface area contributed by atoms with Crippen molar-refractivity contribution in [3.8, 4) is 5.75 Å². The van der Waals surface area contributed by atoms with Gasteiger partial charge in [-0.3, -0.25) is 9.59 Å². The predicted molar refractivity (Wildman–Crippen MR) is 81.9 cm³/mol. The van der Waals surface area contributed by atoms with Gasteiger partial charge in [-0.2, -0.15) is 0 Å². The maximum absolute atomic E-state index is 12.5. The summed E-state index contributed by atoms with van der Waals surface area (Å²) >= 11 is 0. The molecule has 1 aliphatic heterocycles. The first-order valence-corrected chi connectivity index (χ1v) is 6.82. The standard InChI is InChI=1S/C17H13NO5/c1-22-12-6-4-11(5-7-12)18-15(19)13-8-3-10(17(21)23-2)9-14(13)16(18)20/h3-9H,1-2H3. The molecule has 0 aromatic heterocycles. The van der Waals surface area contributed by atoms with Crippen molar-refractivity contribution in [2.24, 2.45) is 0 Å². The van der Waals surface area contributed by atoms with Gasteiger partial charge in [0.15, 0.2) is 0 Å². The first kappa shape index (κ1) is 14.8. The number of esters is 1. The van der Waals surface area contributed by atoms with Crippen molar-refractivity contribution in [2.75, 3.05) is 19.1 Å². The Hall–Kier alpha value is -3.15. The second kappa shape index (κ2) is 5.57. The molecular formula is C17H13NO5. The fourth-order valence-electron chi connectivity index (χ4n) is 2.45. The number of anilines is 1. The van der Waals surface area contributed by atoms with Crippen molar-refractivity contribution >= 4 is 23.5 Å². The molecule has 2 aromatic carbocycles. The van der Waals surface area contributed by atoms with Gasteiger partial charge in [0, 0.05) is 0 Å². The van der Waals surface area contributed by atoms with Crippen molar-refractivity contribution < 1.29 is 23.9 Å². The van der Waals surface area contributed by atoms with Crippen LogP contribution in [0.2, 0.25) is 0 Å². The molecule has 2 aromatic rings. The molecule has 0 fully saturated rings. The fourth-order valence-corrected chi connectivity index (χ4v) is 2.45. The number of amides is 2. The van der Waals surface area contributed by atoms with E-state index in [0.717, 1.165) is 4.90 Å². The summed E-state index contributed by atoms with van der Waals surface area (Å²) in [5, 5.41) is 0. The maximum Gasteiger partial charge on any atom is 0.337 e. The molecule has 23 heavy (non-hydrogen) atoms. The van der Waals surface area contributed by atoms with Crippen LogP contribution in [0, 0.1) is 0 Å². The van der Waals surface area contributed by atoms with Crippen LogP contribution in [0.4, 0.5) is 5.69 Å². The lowest BCUT2D eigenvalue weighted by Crippen LogP contribution is -2.29. The van der Waals surface area contributed by atoms with Crippen molar-refractivity contribution in [2.45, 2.75) is 0 Å². The van der Waals surface area contributed by atoms with Gasteiger partial charge in [-0.25, -0.2) is 9.69 Å². The van der Waals surface area contributed by atoms with Crippen LogP contribution < -0.4 is 9.64 Å². The first-order valence-electron chi connectivity index (χ1n) is 6.82. The van der Waals surface area contributed by atoms with E-state index in [4.69, 9.17) is 4.74 Å². The maximum atomic E-state index is 12.5. The number of rotatable bonds is 3. The van der Waals surface area contributed by atoms with E-state index < -0.39 is 17.8 Å². The van der Waals surface area contributed by atoms with Crippen LogP contribution in [-0.4, -0.2) is 32.0 Å². The summed E-state index contributed by atoms with van der Waals surface area (Å²) in [6, 6.07) is 10.9. The van der Waals surface area contributed by atoms with Crippen LogP contribution in [0.25, 0.3) is 0 Å².